The highest BCUT2D eigenvalue weighted by atomic mass is 35.5. The highest BCUT2D eigenvalue weighted by Gasteiger charge is 2.33. The summed E-state index contributed by atoms with van der Waals surface area (Å²) in [6.07, 6.45) is 1.91. The predicted octanol–water partition coefficient (Wildman–Crippen LogP) is 5.77. The molecule has 0 saturated carbocycles. The fourth-order valence-corrected chi connectivity index (χ4v) is 5.64. The second-order valence-electron chi connectivity index (χ2n) is 10.4. The van der Waals surface area contributed by atoms with Crippen LogP contribution in [0.5, 0.6) is 11.5 Å². The van der Waals surface area contributed by atoms with Crippen LogP contribution in [0.4, 0.5) is 15.9 Å². The number of aromatic hydroxyl groups is 1. The maximum absolute atomic E-state index is 15.1. The number of hydrogen-bond donors (Lipinski definition) is 1. The topological polar surface area (TPSA) is 98.6 Å². The van der Waals surface area contributed by atoms with Crippen molar-refractivity contribution in [2.24, 2.45) is 4.99 Å². The van der Waals surface area contributed by atoms with Gasteiger partial charge in [-0.05, 0) is 48.7 Å². The second-order valence-corrected chi connectivity index (χ2v) is 10.8. The number of benzene rings is 2. The van der Waals surface area contributed by atoms with Gasteiger partial charge in [0, 0.05) is 32.7 Å². The number of piperazine rings is 1. The molecule has 9 nitrogen and oxygen atoms in total. The van der Waals surface area contributed by atoms with Crippen molar-refractivity contribution < 1.29 is 23.8 Å². The maximum atomic E-state index is 15.1. The number of hydrogen-bond acceptors (Lipinski definition) is 6. The number of para-hydroxylation sites is 1. The van der Waals surface area contributed by atoms with Gasteiger partial charge in [0.25, 0.3) is 0 Å². The van der Waals surface area contributed by atoms with E-state index in [1.54, 1.807) is 24.1 Å². The van der Waals surface area contributed by atoms with Crippen molar-refractivity contribution in [3.05, 3.63) is 77.1 Å². The molecule has 1 fully saturated rings. The quantitative estimate of drug-likeness (QED) is 0.151. The molecule has 1 aromatic heterocycles. The average molecular weight is 608 g/mol. The molecule has 2 heterocycles. The van der Waals surface area contributed by atoms with E-state index >= 15 is 4.39 Å². The van der Waals surface area contributed by atoms with Gasteiger partial charge in [-0.25, -0.2) is 9.37 Å². The maximum Gasteiger partial charge on any atom is 0.246 e. The number of aliphatic imine (C=N–C) groups is 1. The number of carbonyl (C=O) groups excluding carboxylic acids is 2. The highest BCUT2D eigenvalue weighted by Crippen LogP contribution is 2.43. The Bertz CT molecular complexity index is 1560. The monoisotopic (exact) mass is 607 g/mol. The fourth-order valence-electron chi connectivity index (χ4n) is 5.39. The number of phenols is 1. The summed E-state index contributed by atoms with van der Waals surface area (Å²) in [5.41, 5.74) is 1.42. The van der Waals surface area contributed by atoms with Gasteiger partial charge in [0.2, 0.25) is 12.3 Å². The summed E-state index contributed by atoms with van der Waals surface area (Å²) in [7, 11) is 3.13. The molecule has 0 radical (unpaired) electrons. The molecule has 226 valence electrons. The first-order valence-electron chi connectivity index (χ1n) is 13.8. The van der Waals surface area contributed by atoms with Crippen LogP contribution in [-0.4, -0.2) is 77.9 Å². The van der Waals surface area contributed by atoms with Gasteiger partial charge in [0.05, 0.1) is 34.6 Å². The van der Waals surface area contributed by atoms with Crippen molar-refractivity contribution in [2.45, 2.75) is 32.7 Å². The van der Waals surface area contributed by atoms with Crippen LogP contribution in [0.15, 0.2) is 60.1 Å². The summed E-state index contributed by atoms with van der Waals surface area (Å²) in [5, 5.41) is 10.7. The van der Waals surface area contributed by atoms with Crippen LogP contribution in [0.25, 0.3) is 11.3 Å². The van der Waals surface area contributed by atoms with Gasteiger partial charge in [0.1, 0.15) is 23.2 Å². The summed E-state index contributed by atoms with van der Waals surface area (Å²) in [6, 6.07) is 10.8. The number of amides is 2. The standard InChI is InChI=1S/C32H35ClFN5O4/c1-7-27(42)37-14-15-38(20(4)17-37)31(35-5)22-16-23(33)29(28-24(34)11-9-12-25(28)41)36-32(22)39(18-40)30-21(19(2)3)10-8-13-26(30)43-6/h7-13,16,18-20,41H,1,14-15,17H2,2-6H3/b35-31+. The molecule has 1 aliphatic heterocycles. The van der Waals surface area contributed by atoms with Gasteiger partial charge < -0.3 is 19.6 Å². The van der Waals surface area contributed by atoms with Crippen molar-refractivity contribution in [1.82, 2.24) is 14.8 Å². The minimum Gasteiger partial charge on any atom is -0.507 e. The number of phenolic OH excluding ortho intramolecular Hbond substituents is 1. The Hall–Kier alpha value is -4.44. The Morgan fingerprint density at radius 3 is 2.58 bits per heavy atom. The molecule has 2 aromatic carbocycles. The molecule has 0 spiro atoms. The SMILES string of the molecule is C=CC(=O)N1CCN(/C(=N/C)c2cc(Cl)c(-c3c(O)cccc3F)nc2N(C=O)c2c(OC)cccc2C(C)C)C(C)C1. The van der Waals surface area contributed by atoms with E-state index in [0.29, 0.717) is 48.9 Å². The molecule has 1 saturated heterocycles. The zero-order valence-corrected chi connectivity index (χ0v) is 25.6. The number of halogens is 2. The molecule has 1 atom stereocenters. The first-order valence-corrected chi connectivity index (χ1v) is 14.2. The van der Waals surface area contributed by atoms with Crippen molar-refractivity contribution in [2.75, 3.05) is 38.7 Å². The number of rotatable bonds is 8. The van der Waals surface area contributed by atoms with Crippen molar-refractivity contribution in [3.8, 4) is 22.8 Å². The third kappa shape index (κ3) is 6.06. The predicted molar refractivity (Wildman–Crippen MR) is 167 cm³/mol. The Morgan fingerprint density at radius 2 is 2.00 bits per heavy atom. The third-order valence-electron chi connectivity index (χ3n) is 7.47. The van der Waals surface area contributed by atoms with Crippen LogP contribution in [0.3, 0.4) is 0 Å². The molecule has 11 heteroatoms. The first kappa shape index (κ1) is 31.5. The largest absolute Gasteiger partial charge is 0.507 e. The summed E-state index contributed by atoms with van der Waals surface area (Å²) >= 11 is 6.76. The van der Waals surface area contributed by atoms with Gasteiger partial charge in [-0.15, -0.1) is 0 Å². The molecule has 4 rings (SSSR count). The van der Waals surface area contributed by atoms with Gasteiger partial charge in [-0.1, -0.05) is 50.2 Å². The molecule has 3 aromatic rings. The number of amidine groups is 1. The van der Waals surface area contributed by atoms with Crippen LogP contribution in [-0.2, 0) is 9.59 Å². The summed E-state index contributed by atoms with van der Waals surface area (Å²) < 4.78 is 20.8. The molecule has 1 unspecified atom stereocenters. The van der Waals surface area contributed by atoms with E-state index in [1.807, 2.05) is 37.8 Å². The molecule has 1 N–H and O–H groups in total. The van der Waals surface area contributed by atoms with Crippen LogP contribution < -0.4 is 9.64 Å². The van der Waals surface area contributed by atoms with E-state index in [2.05, 4.69) is 11.6 Å². The average Bonchev–Trinajstić information content (AvgIpc) is 2.99. The normalized spacial score (nSPS) is 15.4. The number of aromatic nitrogens is 1. The van der Waals surface area contributed by atoms with Crippen molar-refractivity contribution in [1.29, 1.82) is 0 Å². The Morgan fingerprint density at radius 1 is 1.28 bits per heavy atom. The van der Waals surface area contributed by atoms with E-state index in [1.165, 1.54) is 36.3 Å². The minimum atomic E-state index is -0.730. The van der Waals surface area contributed by atoms with Crippen molar-refractivity contribution >= 4 is 41.3 Å². The number of anilines is 2. The third-order valence-corrected chi connectivity index (χ3v) is 7.76. The van der Waals surface area contributed by atoms with Gasteiger partial charge in [-0.3, -0.25) is 19.5 Å². The number of carbonyl (C=O) groups is 2. The van der Waals surface area contributed by atoms with Gasteiger partial charge >= 0.3 is 0 Å². The molecule has 0 aliphatic carbocycles. The van der Waals surface area contributed by atoms with Gasteiger partial charge in [0.15, 0.2) is 5.82 Å². The van der Waals surface area contributed by atoms with Crippen LogP contribution in [0, 0.1) is 5.82 Å². The lowest BCUT2D eigenvalue weighted by Crippen LogP contribution is -2.55. The van der Waals surface area contributed by atoms with Gasteiger partial charge in [-0.2, -0.15) is 0 Å². The molecular weight excluding hydrogens is 573 g/mol. The number of nitrogens with zero attached hydrogens (tertiary/aromatic N) is 5. The number of ether oxygens (including phenoxy) is 1. The Balaban J connectivity index is 2.00. The van der Waals surface area contributed by atoms with E-state index < -0.39 is 5.82 Å². The van der Waals surface area contributed by atoms with E-state index in [-0.39, 0.29) is 45.7 Å². The number of pyridine rings is 1. The molecule has 43 heavy (non-hydrogen) atoms. The van der Waals surface area contributed by atoms with E-state index in [9.17, 15) is 14.7 Å². The molecule has 2 amide bonds. The Labute approximate surface area is 255 Å². The second kappa shape index (κ2) is 13.2. The highest BCUT2D eigenvalue weighted by molar-refractivity contribution is 6.33. The van der Waals surface area contributed by atoms with Crippen molar-refractivity contribution in [3.63, 3.8) is 0 Å². The zero-order chi connectivity index (χ0) is 31.4. The molecule has 1 aliphatic rings. The lowest BCUT2D eigenvalue weighted by atomic mass is 9.99. The summed E-state index contributed by atoms with van der Waals surface area (Å²) in [6.45, 7) is 10.8. The van der Waals surface area contributed by atoms with E-state index in [4.69, 9.17) is 21.3 Å². The van der Waals surface area contributed by atoms with Crippen LogP contribution >= 0.6 is 11.6 Å². The summed E-state index contributed by atoms with van der Waals surface area (Å²) in [5.74, 6) is -0.241. The smallest absolute Gasteiger partial charge is 0.246 e. The molecule has 0 bridgehead atoms. The zero-order valence-electron chi connectivity index (χ0n) is 24.8. The lowest BCUT2D eigenvalue weighted by Gasteiger charge is -2.41. The lowest BCUT2D eigenvalue weighted by molar-refractivity contribution is -0.128. The minimum absolute atomic E-state index is 0.00630. The summed E-state index contributed by atoms with van der Waals surface area (Å²) in [4.78, 5) is 39.8. The number of methoxy groups -OCH3 is 1. The molecular formula is C32H35ClFN5O4. The van der Waals surface area contributed by atoms with Crippen LogP contribution in [0.1, 0.15) is 37.8 Å². The van der Waals surface area contributed by atoms with E-state index in [0.717, 1.165) is 5.56 Å². The first-order chi connectivity index (χ1) is 20.6. The van der Waals surface area contributed by atoms with Crippen LogP contribution in [0.2, 0.25) is 5.02 Å². The fraction of sp³-hybridized carbons (Fsp3) is 0.312. The Kier molecular flexibility index (Phi) is 9.70.